The molecule has 2 aromatic rings. The fourth-order valence-electron chi connectivity index (χ4n) is 2.22. The maximum absolute atomic E-state index is 11.2. The van der Waals surface area contributed by atoms with Gasteiger partial charge in [0.2, 0.25) is 0 Å². The molecule has 1 unspecified atom stereocenters. The van der Waals surface area contributed by atoms with Gasteiger partial charge >= 0.3 is 0 Å². The zero-order chi connectivity index (χ0) is 15.1. The topological polar surface area (TPSA) is 69.4 Å². The first-order valence-electron chi connectivity index (χ1n) is 7.04. The average molecular weight is 291 g/mol. The van der Waals surface area contributed by atoms with Gasteiger partial charge in [0.05, 0.1) is 6.54 Å². The van der Waals surface area contributed by atoms with Crippen LogP contribution in [0.25, 0.3) is 0 Å². The third-order valence-electron chi connectivity index (χ3n) is 3.17. The highest BCUT2D eigenvalue weighted by atomic mass is 16.7. The second-order valence-electron chi connectivity index (χ2n) is 4.63. The fourth-order valence-corrected chi connectivity index (χ4v) is 2.22. The predicted molar refractivity (Wildman–Crippen MR) is 77.4 cm³/mol. The molecule has 114 valence electrons. The molecule has 0 saturated heterocycles. The summed E-state index contributed by atoms with van der Waals surface area (Å²) in [4.78, 5) is 3.91. The van der Waals surface area contributed by atoms with E-state index in [0.717, 1.165) is 0 Å². The summed E-state index contributed by atoms with van der Waals surface area (Å²) in [6, 6.07) is 9.34. The minimum absolute atomic E-state index is 0.196. The number of aliphatic hydroxyl groups is 1. The van der Waals surface area contributed by atoms with Gasteiger partial charge in [-0.1, -0.05) is 30.3 Å². The molecule has 0 fully saturated rings. The normalized spacial score (nSPS) is 14.3. The fraction of sp³-hybridized carbons (Fsp3) is 0.467. The minimum Gasteiger partial charge on any atom is -0.378 e. The molecule has 2 rings (SSSR count). The van der Waals surface area contributed by atoms with Crippen molar-refractivity contribution in [2.75, 3.05) is 13.2 Å². The highest BCUT2D eigenvalue weighted by Crippen LogP contribution is 2.30. The van der Waals surface area contributed by atoms with Gasteiger partial charge in [-0.15, -0.1) is 0 Å². The number of benzene rings is 1. The van der Waals surface area contributed by atoms with E-state index in [4.69, 9.17) is 9.47 Å². The third-order valence-corrected chi connectivity index (χ3v) is 3.17. The van der Waals surface area contributed by atoms with Gasteiger partial charge < -0.3 is 14.6 Å². The quantitative estimate of drug-likeness (QED) is 0.748. The molecule has 0 saturated carbocycles. The molecular formula is C15H21N3O3. The summed E-state index contributed by atoms with van der Waals surface area (Å²) in [5.41, 5.74) is -0.631. The second kappa shape index (κ2) is 7.31. The molecule has 0 aliphatic carbocycles. The van der Waals surface area contributed by atoms with Crippen molar-refractivity contribution < 1.29 is 14.6 Å². The smallest absolute Gasteiger partial charge is 0.192 e. The zero-order valence-electron chi connectivity index (χ0n) is 12.3. The number of hydrogen-bond acceptors (Lipinski definition) is 5. The van der Waals surface area contributed by atoms with Crippen LogP contribution in [0.4, 0.5) is 0 Å². The monoisotopic (exact) mass is 291 g/mol. The van der Waals surface area contributed by atoms with E-state index >= 15 is 0 Å². The van der Waals surface area contributed by atoms with E-state index in [0.29, 0.717) is 18.8 Å². The SMILES string of the molecule is CCOC(OCC)C(O)(Cn1cncn1)c1ccccc1. The summed E-state index contributed by atoms with van der Waals surface area (Å²) in [6.07, 6.45) is 2.21. The molecule has 6 nitrogen and oxygen atoms in total. The Labute approximate surface area is 124 Å². The number of aromatic nitrogens is 3. The maximum atomic E-state index is 11.2. The molecule has 1 aromatic carbocycles. The van der Waals surface area contributed by atoms with Crippen LogP contribution in [0, 0.1) is 0 Å². The summed E-state index contributed by atoms with van der Waals surface area (Å²) >= 11 is 0. The summed E-state index contributed by atoms with van der Waals surface area (Å²) in [7, 11) is 0. The van der Waals surface area contributed by atoms with E-state index in [9.17, 15) is 5.11 Å². The molecule has 0 aliphatic rings. The van der Waals surface area contributed by atoms with Gasteiger partial charge in [0.1, 0.15) is 12.7 Å². The lowest BCUT2D eigenvalue weighted by molar-refractivity contribution is -0.245. The highest BCUT2D eigenvalue weighted by Gasteiger charge is 2.41. The van der Waals surface area contributed by atoms with Crippen LogP contribution in [0.3, 0.4) is 0 Å². The Morgan fingerprint density at radius 3 is 2.38 bits per heavy atom. The van der Waals surface area contributed by atoms with E-state index in [1.165, 1.54) is 6.33 Å². The van der Waals surface area contributed by atoms with Crippen molar-refractivity contribution in [1.82, 2.24) is 14.8 Å². The van der Waals surface area contributed by atoms with Crippen molar-refractivity contribution in [3.05, 3.63) is 48.5 Å². The van der Waals surface area contributed by atoms with Gasteiger partial charge in [-0.2, -0.15) is 5.10 Å². The van der Waals surface area contributed by atoms with Gasteiger partial charge in [0.25, 0.3) is 0 Å². The molecule has 1 atom stereocenters. The standard InChI is InChI=1S/C15H21N3O3/c1-3-20-14(21-4-2)15(19,10-18-12-16-11-17-18)13-8-6-5-7-9-13/h5-9,11-12,14,19H,3-4,10H2,1-2H3. The third kappa shape index (κ3) is 3.66. The number of hydrogen-bond donors (Lipinski definition) is 1. The first-order chi connectivity index (χ1) is 10.2. The lowest BCUT2D eigenvalue weighted by Crippen LogP contribution is -2.46. The summed E-state index contributed by atoms with van der Waals surface area (Å²) in [5.74, 6) is 0. The number of nitrogens with zero attached hydrogens (tertiary/aromatic N) is 3. The van der Waals surface area contributed by atoms with Gasteiger partial charge in [-0.25, -0.2) is 9.67 Å². The Bertz CT molecular complexity index is 512. The lowest BCUT2D eigenvalue weighted by Gasteiger charge is -2.35. The Kier molecular flexibility index (Phi) is 5.44. The Balaban J connectivity index is 2.36. The minimum atomic E-state index is -1.35. The van der Waals surface area contributed by atoms with E-state index in [2.05, 4.69) is 10.1 Å². The molecule has 0 aliphatic heterocycles. The Morgan fingerprint density at radius 2 is 1.86 bits per heavy atom. The van der Waals surface area contributed by atoms with Crippen LogP contribution in [0.15, 0.2) is 43.0 Å². The highest BCUT2D eigenvalue weighted by molar-refractivity contribution is 5.23. The number of ether oxygens (including phenoxy) is 2. The van der Waals surface area contributed by atoms with Crippen LogP contribution >= 0.6 is 0 Å². The second-order valence-corrected chi connectivity index (χ2v) is 4.63. The largest absolute Gasteiger partial charge is 0.378 e. The number of rotatable bonds is 8. The maximum Gasteiger partial charge on any atom is 0.192 e. The molecule has 0 bridgehead atoms. The van der Waals surface area contributed by atoms with Crippen LogP contribution in [-0.4, -0.2) is 39.4 Å². The van der Waals surface area contributed by atoms with Crippen LogP contribution in [0.2, 0.25) is 0 Å². The molecule has 21 heavy (non-hydrogen) atoms. The first-order valence-corrected chi connectivity index (χ1v) is 7.04. The Morgan fingerprint density at radius 1 is 1.19 bits per heavy atom. The van der Waals surface area contributed by atoms with Crippen molar-refractivity contribution >= 4 is 0 Å². The van der Waals surface area contributed by atoms with E-state index in [1.807, 2.05) is 44.2 Å². The molecule has 6 heteroatoms. The van der Waals surface area contributed by atoms with Gasteiger partial charge in [-0.05, 0) is 19.4 Å². The summed E-state index contributed by atoms with van der Waals surface area (Å²) in [6.45, 7) is 4.82. The van der Waals surface area contributed by atoms with Crippen LogP contribution < -0.4 is 0 Å². The van der Waals surface area contributed by atoms with Crippen molar-refractivity contribution in [2.45, 2.75) is 32.3 Å². The van der Waals surface area contributed by atoms with Gasteiger partial charge in [-0.3, -0.25) is 0 Å². The van der Waals surface area contributed by atoms with Crippen LogP contribution in [-0.2, 0) is 21.6 Å². The molecule has 1 heterocycles. The molecule has 1 aromatic heterocycles. The van der Waals surface area contributed by atoms with Crippen molar-refractivity contribution in [3.63, 3.8) is 0 Å². The van der Waals surface area contributed by atoms with Gasteiger partial charge in [0.15, 0.2) is 11.9 Å². The average Bonchev–Trinajstić information content (AvgIpc) is 3.00. The van der Waals surface area contributed by atoms with Crippen molar-refractivity contribution in [3.8, 4) is 0 Å². The molecule has 0 spiro atoms. The molecule has 0 amide bonds. The summed E-state index contributed by atoms with van der Waals surface area (Å²) < 4.78 is 12.8. The van der Waals surface area contributed by atoms with Crippen molar-refractivity contribution in [1.29, 1.82) is 0 Å². The van der Waals surface area contributed by atoms with E-state index in [1.54, 1.807) is 11.0 Å². The summed E-state index contributed by atoms with van der Waals surface area (Å²) in [5, 5.41) is 15.3. The van der Waals surface area contributed by atoms with E-state index < -0.39 is 11.9 Å². The Hall–Kier alpha value is -1.76. The zero-order valence-corrected chi connectivity index (χ0v) is 12.3. The van der Waals surface area contributed by atoms with Crippen LogP contribution in [0.5, 0.6) is 0 Å². The van der Waals surface area contributed by atoms with E-state index in [-0.39, 0.29) is 6.54 Å². The van der Waals surface area contributed by atoms with Gasteiger partial charge in [0, 0.05) is 13.2 Å². The first kappa shape index (κ1) is 15.6. The van der Waals surface area contributed by atoms with Crippen LogP contribution in [0.1, 0.15) is 19.4 Å². The lowest BCUT2D eigenvalue weighted by atomic mass is 9.92. The molecule has 1 N–H and O–H groups in total. The molecular weight excluding hydrogens is 270 g/mol. The predicted octanol–water partition coefficient (Wildman–Crippen LogP) is 1.56. The van der Waals surface area contributed by atoms with Crippen molar-refractivity contribution in [2.24, 2.45) is 0 Å². The molecule has 0 radical (unpaired) electrons.